The number of nitrogens with two attached hydrogens (primary N) is 1. The Kier molecular flexibility index (Phi) is 4.93. The van der Waals surface area contributed by atoms with Crippen molar-refractivity contribution in [2.75, 3.05) is 0 Å². The molecule has 2 rings (SSSR count). The van der Waals surface area contributed by atoms with E-state index in [1.165, 1.54) is 12.8 Å². The Morgan fingerprint density at radius 2 is 2.00 bits per heavy atom. The van der Waals surface area contributed by atoms with Gasteiger partial charge in [0.05, 0.1) is 5.52 Å². The van der Waals surface area contributed by atoms with Crippen molar-refractivity contribution in [3.8, 4) is 0 Å². The first-order valence-electron chi connectivity index (χ1n) is 7.10. The zero-order valence-corrected chi connectivity index (χ0v) is 11.7. The summed E-state index contributed by atoms with van der Waals surface area (Å²) in [5.41, 5.74) is 6.73. The van der Waals surface area contributed by atoms with Gasteiger partial charge in [0.1, 0.15) is 0 Å². The molecular formula is C16H21N3O. The van der Waals surface area contributed by atoms with Crippen LogP contribution in [0.25, 0.3) is 10.9 Å². The molecule has 2 aromatic rings. The predicted molar refractivity (Wildman–Crippen MR) is 81.5 cm³/mol. The second kappa shape index (κ2) is 6.89. The van der Waals surface area contributed by atoms with E-state index in [1.807, 2.05) is 35.0 Å². The van der Waals surface area contributed by atoms with Crippen LogP contribution in [0.5, 0.6) is 0 Å². The number of para-hydroxylation sites is 1. The minimum atomic E-state index is -0.467. The highest BCUT2D eigenvalue weighted by atomic mass is 16.1. The number of hydrogen-bond acceptors (Lipinski definition) is 2. The van der Waals surface area contributed by atoms with Crippen LogP contribution in [0.2, 0.25) is 0 Å². The molecule has 20 heavy (non-hydrogen) atoms. The summed E-state index contributed by atoms with van der Waals surface area (Å²) in [6, 6.07) is 7.72. The normalized spacial score (nSPS) is 10.8. The average molecular weight is 271 g/mol. The van der Waals surface area contributed by atoms with Gasteiger partial charge in [0.25, 0.3) is 5.91 Å². The summed E-state index contributed by atoms with van der Waals surface area (Å²) in [5, 5.41) is 5.19. The van der Waals surface area contributed by atoms with Gasteiger partial charge in [0.2, 0.25) is 0 Å². The van der Waals surface area contributed by atoms with E-state index in [1.54, 1.807) is 0 Å². The molecule has 106 valence electrons. The predicted octanol–water partition coefficient (Wildman–Crippen LogP) is 3.27. The molecule has 1 amide bonds. The van der Waals surface area contributed by atoms with Crippen molar-refractivity contribution in [2.45, 2.75) is 38.6 Å². The largest absolute Gasteiger partial charge is 0.364 e. The summed E-state index contributed by atoms with van der Waals surface area (Å²) in [7, 11) is 0. The van der Waals surface area contributed by atoms with Crippen molar-refractivity contribution in [1.29, 1.82) is 0 Å². The number of unbranched alkanes of at least 4 members (excludes halogenated alkanes) is 4. The lowest BCUT2D eigenvalue weighted by atomic mass is 10.1. The van der Waals surface area contributed by atoms with Gasteiger partial charge >= 0.3 is 0 Å². The van der Waals surface area contributed by atoms with Crippen LogP contribution in [0.15, 0.2) is 36.9 Å². The van der Waals surface area contributed by atoms with Crippen LogP contribution in [-0.2, 0) is 6.54 Å². The molecule has 1 heterocycles. The molecule has 4 heteroatoms. The number of benzene rings is 1. The van der Waals surface area contributed by atoms with E-state index >= 15 is 0 Å². The Morgan fingerprint density at radius 1 is 1.25 bits per heavy atom. The number of aryl methyl sites for hydroxylation is 1. The first-order chi connectivity index (χ1) is 9.74. The van der Waals surface area contributed by atoms with Crippen molar-refractivity contribution < 1.29 is 4.79 Å². The van der Waals surface area contributed by atoms with Crippen molar-refractivity contribution in [3.63, 3.8) is 0 Å². The number of fused-ring (bicyclic) bond motifs is 1. The lowest BCUT2D eigenvalue weighted by molar-refractivity contribution is 0.0996. The fraction of sp³-hybridized carbons (Fsp3) is 0.375. The maximum atomic E-state index is 11.4. The summed E-state index contributed by atoms with van der Waals surface area (Å²) in [4.78, 5) is 11.4. The molecule has 1 aromatic carbocycles. The first kappa shape index (κ1) is 14.3. The molecule has 0 bridgehead atoms. The van der Waals surface area contributed by atoms with Gasteiger partial charge < -0.3 is 5.73 Å². The first-order valence-corrected chi connectivity index (χ1v) is 7.10. The molecule has 0 radical (unpaired) electrons. The molecule has 2 N–H and O–H groups in total. The number of primary amides is 1. The number of allylic oxidation sites excluding steroid dienone is 1. The van der Waals surface area contributed by atoms with Gasteiger partial charge in [0.15, 0.2) is 5.69 Å². The number of nitrogens with zero attached hydrogens (tertiary/aromatic N) is 2. The Balaban J connectivity index is 2.03. The second-order valence-electron chi connectivity index (χ2n) is 4.94. The highest BCUT2D eigenvalue weighted by Gasteiger charge is 2.13. The number of hydrogen-bond donors (Lipinski definition) is 1. The van der Waals surface area contributed by atoms with E-state index in [0.717, 1.165) is 36.7 Å². The SMILES string of the molecule is C=CCCCCCCn1nc(C(N)=O)c2ccccc21. The summed E-state index contributed by atoms with van der Waals surface area (Å²) in [6.45, 7) is 4.54. The molecule has 4 nitrogen and oxygen atoms in total. The van der Waals surface area contributed by atoms with Crippen molar-refractivity contribution >= 4 is 16.8 Å². The standard InChI is InChI=1S/C16H21N3O/c1-2-3-4-5-6-9-12-19-14-11-8-7-10-13(14)15(18-19)16(17)20/h2,7-8,10-11H,1,3-6,9,12H2,(H2,17,20). The zero-order chi connectivity index (χ0) is 14.4. The topological polar surface area (TPSA) is 60.9 Å². The molecular weight excluding hydrogens is 250 g/mol. The van der Waals surface area contributed by atoms with Gasteiger partial charge in [-0.1, -0.05) is 37.1 Å². The van der Waals surface area contributed by atoms with E-state index < -0.39 is 5.91 Å². The Bertz CT molecular complexity index is 601. The third-order valence-corrected chi connectivity index (χ3v) is 3.42. The monoisotopic (exact) mass is 271 g/mol. The number of carbonyl (C=O) groups is 1. The zero-order valence-electron chi connectivity index (χ0n) is 11.7. The molecule has 0 saturated carbocycles. The lowest BCUT2D eigenvalue weighted by Crippen LogP contribution is -2.13. The van der Waals surface area contributed by atoms with Gasteiger partial charge in [0, 0.05) is 11.9 Å². The van der Waals surface area contributed by atoms with Crippen LogP contribution < -0.4 is 5.73 Å². The summed E-state index contributed by atoms with van der Waals surface area (Å²) in [5.74, 6) is -0.467. The van der Waals surface area contributed by atoms with E-state index in [4.69, 9.17) is 5.73 Å². The van der Waals surface area contributed by atoms with Crippen LogP contribution in [0.3, 0.4) is 0 Å². The van der Waals surface area contributed by atoms with Crippen molar-refractivity contribution in [1.82, 2.24) is 9.78 Å². The van der Waals surface area contributed by atoms with E-state index in [0.29, 0.717) is 5.69 Å². The summed E-state index contributed by atoms with van der Waals surface area (Å²) < 4.78 is 1.89. The number of rotatable bonds is 8. The van der Waals surface area contributed by atoms with E-state index in [2.05, 4.69) is 11.7 Å². The van der Waals surface area contributed by atoms with Gasteiger partial charge in [-0.2, -0.15) is 5.10 Å². The summed E-state index contributed by atoms with van der Waals surface area (Å²) >= 11 is 0. The Morgan fingerprint density at radius 3 is 2.75 bits per heavy atom. The Labute approximate surface area is 119 Å². The van der Waals surface area contributed by atoms with Crippen LogP contribution in [-0.4, -0.2) is 15.7 Å². The minimum Gasteiger partial charge on any atom is -0.364 e. The van der Waals surface area contributed by atoms with Crippen molar-refractivity contribution in [3.05, 3.63) is 42.6 Å². The Hall–Kier alpha value is -2.10. The number of carbonyl (C=O) groups excluding carboxylic acids is 1. The third-order valence-electron chi connectivity index (χ3n) is 3.42. The van der Waals surface area contributed by atoms with Gasteiger partial charge in [-0.25, -0.2) is 0 Å². The fourth-order valence-electron chi connectivity index (χ4n) is 2.38. The maximum absolute atomic E-state index is 11.4. The van der Waals surface area contributed by atoms with Crippen LogP contribution in [0.1, 0.15) is 42.6 Å². The van der Waals surface area contributed by atoms with E-state index in [-0.39, 0.29) is 0 Å². The molecule has 0 aliphatic heterocycles. The lowest BCUT2D eigenvalue weighted by Gasteiger charge is -2.03. The average Bonchev–Trinajstić information content (AvgIpc) is 2.82. The molecule has 0 fully saturated rings. The van der Waals surface area contributed by atoms with Gasteiger partial charge in [-0.15, -0.1) is 6.58 Å². The summed E-state index contributed by atoms with van der Waals surface area (Å²) in [6.07, 6.45) is 7.65. The van der Waals surface area contributed by atoms with Gasteiger partial charge in [-0.3, -0.25) is 9.48 Å². The highest BCUT2D eigenvalue weighted by Crippen LogP contribution is 2.18. The molecule has 1 aromatic heterocycles. The highest BCUT2D eigenvalue weighted by molar-refractivity contribution is 6.04. The van der Waals surface area contributed by atoms with Crippen molar-refractivity contribution in [2.24, 2.45) is 5.73 Å². The maximum Gasteiger partial charge on any atom is 0.269 e. The van der Waals surface area contributed by atoms with Crippen LogP contribution in [0.4, 0.5) is 0 Å². The molecule has 0 spiro atoms. The molecule has 0 unspecified atom stereocenters. The number of aromatic nitrogens is 2. The minimum absolute atomic E-state index is 0.368. The van der Waals surface area contributed by atoms with Gasteiger partial charge in [-0.05, 0) is 25.3 Å². The van der Waals surface area contributed by atoms with Crippen LogP contribution in [0, 0.1) is 0 Å². The quantitative estimate of drug-likeness (QED) is 0.591. The van der Waals surface area contributed by atoms with E-state index in [9.17, 15) is 4.79 Å². The molecule has 0 saturated heterocycles. The smallest absolute Gasteiger partial charge is 0.269 e. The van der Waals surface area contributed by atoms with Crippen LogP contribution >= 0.6 is 0 Å². The molecule has 0 aliphatic rings. The second-order valence-corrected chi connectivity index (χ2v) is 4.94. The molecule has 0 aliphatic carbocycles. The third kappa shape index (κ3) is 3.26. The molecule has 0 atom stereocenters. The number of amides is 1. The fourth-order valence-corrected chi connectivity index (χ4v) is 2.38.